The zero-order chi connectivity index (χ0) is 25.2. The quantitative estimate of drug-likeness (QED) is 0.350. The number of hydrogen-bond donors (Lipinski definition) is 0. The standard InChI is InChI=1S/3C8H8.C5H8.C4H6/c3*1-2-8-6-4-3-5-7-8;1-4-5(2)3;1-3-4-2/h3*2-7H,1H2;4H,1-2H2,3H3;3-4H,1-2H2. The van der Waals surface area contributed by atoms with Gasteiger partial charge >= 0.3 is 0 Å². The van der Waals surface area contributed by atoms with E-state index in [0.717, 1.165) is 5.57 Å². The number of hydrogen-bond acceptors (Lipinski definition) is 0. The normalized spacial score (nSPS) is 7.79. The summed E-state index contributed by atoms with van der Waals surface area (Å²) in [6.45, 7) is 26.5. The summed E-state index contributed by atoms with van der Waals surface area (Å²) in [4.78, 5) is 0. The molecule has 0 aliphatic heterocycles. The van der Waals surface area contributed by atoms with Crippen LogP contribution in [-0.2, 0) is 0 Å². The van der Waals surface area contributed by atoms with Gasteiger partial charge in [-0.3, -0.25) is 0 Å². The predicted molar refractivity (Wildman–Crippen MR) is 155 cm³/mol. The van der Waals surface area contributed by atoms with Crippen LogP contribution in [-0.4, -0.2) is 0 Å². The molecule has 0 aliphatic rings. The first-order valence-corrected chi connectivity index (χ1v) is 10.5. The Morgan fingerprint density at radius 3 is 0.788 bits per heavy atom. The molecule has 0 saturated carbocycles. The molecule has 0 N–H and O–H groups in total. The van der Waals surface area contributed by atoms with Gasteiger partial charge in [0.15, 0.2) is 0 Å². The van der Waals surface area contributed by atoms with Crippen LogP contribution in [0.15, 0.2) is 161 Å². The lowest BCUT2D eigenvalue weighted by molar-refractivity contribution is 1.58. The summed E-state index contributed by atoms with van der Waals surface area (Å²) in [6.07, 6.45) is 10.5. The first-order valence-electron chi connectivity index (χ1n) is 10.5. The third kappa shape index (κ3) is 22.3. The molecule has 170 valence electrons. The van der Waals surface area contributed by atoms with E-state index in [2.05, 4.69) is 46.1 Å². The second-order valence-corrected chi connectivity index (χ2v) is 6.37. The molecule has 0 heteroatoms. The summed E-state index contributed by atoms with van der Waals surface area (Å²) in [5.41, 5.74) is 4.54. The third-order valence-electron chi connectivity index (χ3n) is 3.62. The van der Waals surface area contributed by atoms with Gasteiger partial charge < -0.3 is 0 Å². The SMILES string of the molecule is C=CC(=C)C.C=CC=C.C=Cc1ccccc1.C=Cc1ccccc1.C=Cc1ccccc1. The molecule has 0 amide bonds. The Morgan fingerprint density at radius 2 is 0.697 bits per heavy atom. The number of rotatable bonds is 5. The summed E-state index contributed by atoms with van der Waals surface area (Å²) in [6, 6.07) is 30.1. The Labute approximate surface area is 202 Å². The van der Waals surface area contributed by atoms with Crippen molar-refractivity contribution in [1.82, 2.24) is 0 Å². The van der Waals surface area contributed by atoms with Gasteiger partial charge in [0.25, 0.3) is 0 Å². The van der Waals surface area contributed by atoms with Crippen molar-refractivity contribution in [3.05, 3.63) is 178 Å². The molecule has 0 nitrogen and oxygen atoms in total. The minimum Gasteiger partial charge on any atom is -0.0991 e. The van der Waals surface area contributed by atoms with Crippen molar-refractivity contribution < 1.29 is 0 Å². The van der Waals surface area contributed by atoms with Gasteiger partial charge in [0.05, 0.1) is 0 Å². The van der Waals surface area contributed by atoms with Crippen LogP contribution in [0.1, 0.15) is 23.6 Å². The minimum absolute atomic E-state index is 1.02. The van der Waals surface area contributed by atoms with Crippen LogP contribution in [0.5, 0.6) is 0 Å². The fourth-order valence-corrected chi connectivity index (χ4v) is 1.77. The maximum Gasteiger partial charge on any atom is -0.0263 e. The van der Waals surface area contributed by atoms with Crippen LogP contribution < -0.4 is 0 Å². The van der Waals surface area contributed by atoms with Crippen molar-refractivity contribution in [2.24, 2.45) is 0 Å². The molecule has 0 radical (unpaired) electrons. The summed E-state index contributed by atoms with van der Waals surface area (Å²) in [5.74, 6) is 0. The molecule has 3 aromatic carbocycles. The van der Waals surface area contributed by atoms with E-state index in [1.54, 1.807) is 18.2 Å². The first kappa shape index (κ1) is 31.0. The number of allylic oxidation sites excluding steroid dienone is 4. The lowest BCUT2D eigenvalue weighted by atomic mass is 10.2. The van der Waals surface area contributed by atoms with E-state index in [9.17, 15) is 0 Å². The van der Waals surface area contributed by atoms with Gasteiger partial charge in [0.2, 0.25) is 0 Å². The van der Waals surface area contributed by atoms with E-state index in [4.69, 9.17) is 0 Å². The monoisotopic (exact) mass is 434 g/mol. The highest BCUT2D eigenvalue weighted by molar-refractivity contribution is 5.46. The van der Waals surface area contributed by atoms with Gasteiger partial charge in [-0.1, -0.05) is 179 Å². The molecule has 0 spiro atoms. The average molecular weight is 435 g/mol. The van der Waals surface area contributed by atoms with Crippen LogP contribution in [0.4, 0.5) is 0 Å². The zero-order valence-electron chi connectivity index (χ0n) is 20.1. The first-order chi connectivity index (χ1) is 16.0. The molecule has 0 saturated heterocycles. The van der Waals surface area contributed by atoms with Crippen molar-refractivity contribution >= 4 is 18.2 Å². The Balaban J connectivity index is 0. The number of benzene rings is 3. The van der Waals surface area contributed by atoms with Crippen LogP contribution >= 0.6 is 0 Å². The van der Waals surface area contributed by atoms with Gasteiger partial charge in [-0.2, -0.15) is 0 Å². The van der Waals surface area contributed by atoms with E-state index in [0.29, 0.717) is 0 Å². The topological polar surface area (TPSA) is 0 Å². The van der Waals surface area contributed by atoms with Crippen LogP contribution in [0.25, 0.3) is 18.2 Å². The molecular formula is C33H38. The molecule has 0 aromatic heterocycles. The van der Waals surface area contributed by atoms with Gasteiger partial charge in [-0.15, -0.1) is 0 Å². The van der Waals surface area contributed by atoms with Crippen molar-refractivity contribution in [3.63, 3.8) is 0 Å². The van der Waals surface area contributed by atoms with E-state index < -0.39 is 0 Å². The molecule has 3 aromatic rings. The van der Waals surface area contributed by atoms with Gasteiger partial charge in [0.1, 0.15) is 0 Å². The minimum atomic E-state index is 1.02. The molecule has 0 atom stereocenters. The second-order valence-electron chi connectivity index (χ2n) is 6.37. The van der Waals surface area contributed by atoms with E-state index >= 15 is 0 Å². The zero-order valence-corrected chi connectivity index (χ0v) is 20.1. The van der Waals surface area contributed by atoms with Crippen LogP contribution in [0, 0.1) is 0 Å². The third-order valence-corrected chi connectivity index (χ3v) is 3.62. The average Bonchev–Trinajstić information content (AvgIpc) is 2.91. The van der Waals surface area contributed by atoms with Crippen molar-refractivity contribution in [2.45, 2.75) is 6.92 Å². The summed E-state index contributed by atoms with van der Waals surface area (Å²) in [5, 5.41) is 0. The van der Waals surface area contributed by atoms with E-state index in [1.807, 2.05) is 116 Å². The van der Waals surface area contributed by atoms with Crippen molar-refractivity contribution in [2.75, 3.05) is 0 Å². The highest BCUT2D eigenvalue weighted by atomic mass is 13.8. The summed E-state index contributed by atoms with van der Waals surface area (Å²) >= 11 is 0. The Hall–Kier alpha value is -4.16. The molecule has 3 rings (SSSR count). The molecule has 0 heterocycles. The van der Waals surface area contributed by atoms with Crippen molar-refractivity contribution in [1.29, 1.82) is 0 Å². The van der Waals surface area contributed by atoms with Gasteiger partial charge in [-0.05, 0) is 23.6 Å². The predicted octanol–water partition coefficient (Wildman–Crippen LogP) is 10.1. The molecule has 0 bridgehead atoms. The molecule has 0 aliphatic carbocycles. The van der Waals surface area contributed by atoms with E-state index in [-0.39, 0.29) is 0 Å². The van der Waals surface area contributed by atoms with E-state index in [1.165, 1.54) is 16.7 Å². The Bertz CT molecular complexity index is 804. The van der Waals surface area contributed by atoms with Gasteiger partial charge in [0, 0.05) is 0 Å². The maximum atomic E-state index is 3.63. The summed E-state index contributed by atoms with van der Waals surface area (Å²) < 4.78 is 0. The summed E-state index contributed by atoms with van der Waals surface area (Å²) in [7, 11) is 0. The molecule has 0 fully saturated rings. The smallest absolute Gasteiger partial charge is 0.0263 e. The molecule has 0 unspecified atom stereocenters. The second kappa shape index (κ2) is 24.1. The van der Waals surface area contributed by atoms with Gasteiger partial charge in [-0.25, -0.2) is 0 Å². The highest BCUT2D eigenvalue weighted by Gasteiger charge is 1.77. The molecular weight excluding hydrogens is 396 g/mol. The fraction of sp³-hybridized carbons (Fsp3) is 0.0303. The fourth-order valence-electron chi connectivity index (χ4n) is 1.77. The highest BCUT2D eigenvalue weighted by Crippen LogP contribution is 1.98. The Morgan fingerprint density at radius 1 is 0.485 bits per heavy atom. The molecule has 33 heavy (non-hydrogen) atoms. The van der Waals surface area contributed by atoms with Crippen LogP contribution in [0.2, 0.25) is 0 Å². The van der Waals surface area contributed by atoms with Crippen molar-refractivity contribution in [3.8, 4) is 0 Å². The van der Waals surface area contributed by atoms with Crippen LogP contribution in [0.3, 0.4) is 0 Å². The maximum absolute atomic E-state index is 3.63. The Kier molecular flexibility index (Phi) is 22.7. The largest absolute Gasteiger partial charge is 0.0991 e. The lowest BCUT2D eigenvalue weighted by Crippen LogP contribution is -1.63. The lowest BCUT2D eigenvalue weighted by Gasteiger charge is -1.85.